The van der Waals surface area contributed by atoms with Gasteiger partial charge in [-0.2, -0.15) is 0 Å². The molecule has 1 aliphatic rings. The summed E-state index contributed by atoms with van der Waals surface area (Å²) >= 11 is 0. The number of hydrogen-bond donors (Lipinski definition) is 4. The molecule has 0 aromatic heterocycles. The van der Waals surface area contributed by atoms with E-state index in [0.717, 1.165) is 52.4 Å². The summed E-state index contributed by atoms with van der Waals surface area (Å²) in [4.78, 5) is 5.04. The van der Waals surface area contributed by atoms with Crippen molar-refractivity contribution in [3.63, 3.8) is 0 Å². The van der Waals surface area contributed by atoms with Crippen molar-refractivity contribution in [2.75, 3.05) is 78.5 Å². The van der Waals surface area contributed by atoms with Gasteiger partial charge in [-0.1, -0.05) is 0 Å². The molecule has 1 heterocycles. The first-order valence-corrected chi connectivity index (χ1v) is 7.13. The molecule has 6 nitrogen and oxygen atoms in total. The highest BCUT2D eigenvalue weighted by Gasteiger charge is 2.15. The fraction of sp³-hybridized carbons (Fsp3) is 1.00. The second-order valence-electron chi connectivity index (χ2n) is 4.76. The molecule has 6 N–H and O–H groups in total. The van der Waals surface area contributed by atoms with Crippen LogP contribution >= 0.6 is 0 Å². The van der Waals surface area contributed by atoms with Gasteiger partial charge in [0.2, 0.25) is 0 Å². The molecule has 0 bridgehead atoms. The maximum Gasteiger partial charge on any atom is 0.0110 e. The van der Waals surface area contributed by atoms with Gasteiger partial charge in [0, 0.05) is 78.5 Å². The second-order valence-corrected chi connectivity index (χ2v) is 4.76. The van der Waals surface area contributed by atoms with E-state index < -0.39 is 0 Å². The standard InChI is InChI=1S/C12H30N6/c13-1-3-15-5-7-17-9-11-18(12-10-17)8-6-16-4-2-14/h15-16H,1-14H2. The minimum Gasteiger partial charge on any atom is -0.329 e. The van der Waals surface area contributed by atoms with Gasteiger partial charge in [0.05, 0.1) is 0 Å². The second kappa shape index (κ2) is 10.7. The predicted molar refractivity (Wildman–Crippen MR) is 76.7 cm³/mol. The Bertz CT molecular complexity index is 161. The molecule has 6 heteroatoms. The lowest BCUT2D eigenvalue weighted by molar-refractivity contribution is 0.134. The lowest BCUT2D eigenvalue weighted by atomic mass is 10.3. The van der Waals surface area contributed by atoms with Crippen molar-refractivity contribution in [3.05, 3.63) is 0 Å². The number of nitrogens with zero attached hydrogens (tertiary/aromatic N) is 2. The molecule has 108 valence electrons. The van der Waals surface area contributed by atoms with Crippen molar-refractivity contribution in [1.29, 1.82) is 0 Å². The highest BCUT2D eigenvalue weighted by molar-refractivity contribution is 4.73. The first-order chi connectivity index (χ1) is 8.86. The maximum atomic E-state index is 5.44. The molecule has 1 aliphatic heterocycles. The minimum absolute atomic E-state index is 0.726. The van der Waals surface area contributed by atoms with Crippen LogP contribution in [0.25, 0.3) is 0 Å². The lowest BCUT2D eigenvalue weighted by Gasteiger charge is -2.34. The quantitative estimate of drug-likeness (QED) is 0.330. The van der Waals surface area contributed by atoms with E-state index in [0.29, 0.717) is 0 Å². The summed E-state index contributed by atoms with van der Waals surface area (Å²) in [6.45, 7) is 12.4. The smallest absolute Gasteiger partial charge is 0.0110 e. The average molecular weight is 258 g/mol. The van der Waals surface area contributed by atoms with Crippen molar-refractivity contribution >= 4 is 0 Å². The van der Waals surface area contributed by atoms with E-state index in [-0.39, 0.29) is 0 Å². The highest BCUT2D eigenvalue weighted by Crippen LogP contribution is 1.99. The Morgan fingerprint density at radius 2 is 1.06 bits per heavy atom. The van der Waals surface area contributed by atoms with Gasteiger partial charge >= 0.3 is 0 Å². The molecule has 0 aromatic rings. The Morgan fingerprint density at radius 3 is 1.39 bits per heavy atom. The molecule has 0 aromatic carbocycles. The topological polar surface area (TPSA) is 82.6 Å². The molecule has 0 saturated carbocycles. The molecular formula is C12H30N6. The number of hydrogen-bond acceptors (Lipinski definition) is 6. The summed E-state index contributed by atoms with van der Waals surface area (Å²) in [5, 5.41) is 6.68. The molecule has 1 fully saturated rings. The van der Waals surface area contributed by atoms with Gasteiger partial charge in [0.25, 0.3) is 0 Å². The van der Waals surface area contributed by atoms with Crippen LogP contribution in [-0.4, -0.2) is 88.3 Å². The van der Waals surface area contributed by atoms with Crippen LogP contribution in [0.3, 0.4) is 0 Å². The van der Waals surface area contributed by atoms with Gasteiger partial charge < -0.3 is 22.1 Å². The summed E-state index contributed by atoms with van der Waals surface area (Å²) in [5.74, 6) is 0. The van der Waals surface area contributed by atoms with E-state index in [9.17, 15) is 0 Å². The van der Waals surface area contributed by atoms with Crippen molar-refractivity contribution in [2.45, 2.75) is 0 Å². The molecule has 0 atom stereocenters. The van der Waals surface area contributed by atoms with Crippen LogP contribution in [-0.2, 0) is 0 Å². The summed E-state index contributed by atoms with van der Waals surface area (Å²) < 4.78 is 0. The van der Waals surface area contributed by atoms with E-state index >= 15 is 0 Å². The van der Waals surface area contributed by atoms with Crippen LogP contribution < -0.4 is 22.1 Å². The molecule has 0 radical (unpaired) electrons. The zero-order chi connectivity index (χ0) is 13.1. The predicted octanol–water partition coefficient (Wildman–Crippen LogP) is -2.30. The van der Waals surface area contributed by atoms with Crippen molar-refractivity contribution < 1.29 is 0 Å². The Balaban J connectivity index is 1.95. The Hall–Kier alpha value is -0.240. The van der Waals surface area contributed by atoms with Crippen molar-refractivity contribution in [3.8, 4) is 0 Å². The monoisotopic (exact) mass is 258 g/mol. The van der Waals surface area contributed by atoms with Crippen LogP contribution in [0.2, 0.25) is 0 Å². The molecule has 0 amide bonds. The number of piperazine rings is 1. The molecule has 1 rings (SSSR count). The zero-order valence-electron chi connectivity index (χ0n) is 11.5. The van der Waals surface area contributed by atoms with Crippen molar-refractivity contribution in [2.24, 2.45) is 11.5 Å². The average Bonchev–Trinajstić information content (AvgIpc) is 2.41. The van der Waals surface area contributed by atoms with Crippen LogP contribution in [0.15, 0.2) is 0 Å². The summed E-state index contributed by atoms with van der Waals surface area (Å²) in [7, 11) is 0. The molecule has 0 spiro atoms. The number of nitrogens with two attached hydrogens (primary N) is 2. The number of nitrogens with one attached hydrogen (secondary N) is 2. The van der Waals surface area contributed by atoms with E-state index in [1.165, 1.54) is 26.2 Å². The molecule has 0 aliphatic carbocycles. The van der Waals surface area contributed by atoms with E-state index in [1.807, 2.05) is 0 Å². The van der Waals surface area contributed by atoms with Crippen LogP contribution in [0.5, 0.6) is 0 Å². The first kappa shape index (κ1) is 15.8. The summed E-state index contributed by atoms with van der Waals surface area (Å²) in [6, 6.07) is 0. The van der Waals surface area contributed by atoms with E-state index in [2.05, 4.69) is 20.4 Å². The molecule has 0 unspecified atom stereocenters. The Morgan fingerprint density at radius 1 is 0.667 bits per heavy atom. The first-order valence-electron chi connectivity index (χ1n) is 7.13. The Kier molecular flexibility index (Phi) is 9.37. The third kappa shape index (κ3) is 7.25. The van der Waals surface area contributed by atoms with Crippen LogP contribution in [0.4, 0.5) is 0 Å². The van der Waals surface area contributed by atoms with E-state index in [4.69, 9.17) is 11.5 Å². The highest BCUT2D eigenvalue weighted by atomic mass is 15.3. The van der Waals surface area contributed by atoms with Gasteiger partial charge in [-0.15, -0.1) is 0 Å². The summed E-state index contributed by atoms with van der Waals surface area (Å²) in [6.07, 6.45) is 0. The summed E-state index contributed by atoms with van der Waals surface area (Å²) in [5.41, 5.74) is 10.9. The third-order valence-electron chi connectivity index (χ3n) is 3.32. The largest absolute Gasteiger partial charge is 0.329 e. The normalized spacial score (nSPS) is 18.3. The fourth-order valence-corrected chi connectivity index (χ4v) is 2.16. The van der Waals surface area contributed by atoms with Gasteiger partial charge in [-0.05, 0) is 0 Å². The SMILES string of the molecule is NCCNCCN1CCN(CCNCCN)CC1. The van der Waals surface area contributed by atoms with Crippen LogP contribution in [0, 0.1) is 0 Å². The van der Waals surface area contributed by atoms with Gasteiger partial charge in [-0.3, -0.25) is 9.80 Å². The third-order valence-corrected chi connectivity index (χ3v) is 3.32. The fourth-order valence-electron chi connectivity index (χ4n) is 2.16. The minimum atomic E-state index is 0.726. The maximum absolute atomic E-state index is 5.44. The zero-order valence-corrected chi connectivity index (χ0v) is 11.5. The van der Waals surface area contributed by atoms with Crippen LogP contribution in [0.1, 0.15) is 0 Å². The van der Waals surface area contributed by atoms with E-state index in [1.54, 1.807) is 0 Å². The molecular weight excluding hydrogens is 228 g/mol. The van der Waals surface area contributed by atoms with Gasteiger partial charge in [-0.25, -0.2) is 0 Å². The Labute approximate surface area is 111 Å². The molecule has 1 saturated heterocycles. The van der Waals surface area contributed by atoms with Gasteiger partial charge in [0.1, 0.15) is 0 Å². The lowest BCUT2D eigenvalue weighted by Crippen LogP contribution is -2.49. The number of rotatable bonds is 10. The van der Waals surface area contributed by atoms with Gasteiger partial charge in [0.15, 0.2) is 0 Å². The van der Waals surface area contributed by atoms with Crippen molar-refractivity contribution in [1.82, 2.24) is 20.4 Å². The molecule has 18 heavy (non-hydrogen) atoms.